The molecule has 7 nitrogen and oxygen atoms in total. The van der Waals surface area contributed by atoms with E-state index in [2.05, 4.69) is 10.1 Å². The third-order valence-corrected chi connectivity index (χ3v) is 4.71. The standard InChI is InChI=1S/C19H15ClN4O3/c1-11-17(12-2-4-13(20)5-3-12)18-21-10-14-15(24(18)22-11)6-8-23(19(14)27)9-7-16(25)26/h2-6,8,10H,7,9H2,1H3,(H,25,26). The quantitative estimate of drug-likeness (QED) is 0.585. The maximum atomic E-state index is 12.7. The largest absolute Gasteiger partial charge is 0.481 e. The van der Waals surface area contributed by atoms with Crippen molar-refractivity contribution in [1.82, 2.24) is 19.2 Å². The lowest BCUT2D eigenvalue weighted by Gasteiger charge is -2.07. The van der Waals surface area contributed by atoms with Gasteiger partial charge in [0.1, 0.15) is 0 Å². The van der Waals surface area contributed by atoms with Gasteiger partial charge in [-0.05, 0) is 30.7 Å². The van der Waals surface area contributed by atoms with Gasteiger partial charge in [0.25, 0.3) is 5.56 Å². The normalized spacial score (nSPS) is 11.3. The fraction of sp³-hybridized carbons (Fsp3) is 0.158. The molecule has 4 aromatic rings. The average Bonchev–Trinajstić information content (AvgIpc) is 2.98. The van der Waals surface area contributed by atoms with Crippen LogP contribution in [-0.2, 0) is 11.3 Å². The molecule has 136 valence electrons. The molecular formula is C19H15ClN4O3. The number of carboxylic acids is 1. The van der Waals surface area contributed by atoms with Gasteiger partial charge in [-0.25, -0.2) is 9.50 Å². The van der Waals surface area contributed by atoms with Crippen LogP contribution in [0, 0.1) is 6.92 Å². The number of fused-ring (bicyclic) bond motifs is 3. The molecule has 0 saturated heterocycles. The summed E-state index contributed by atoms with van der Waals surface area (Å²) in [6.07, 6.45) is 2.99. The Labute approximate surface area is 158 Å². The Morgan fingerprint density at radius 1 is 1.22 bits per heavy atom. The van der Waals surface area contributed by atoms with Gasteiger partial charge < -0.3 is 9.67 Å². The number of hydrogen-bond acceptors (Lipinski definition) is 4. The van der Waals surface area contributed by atoms with Gasteiger partial charge in [0.05, 0.1) is 23.0 Å². The molecule has 0 aliphatic heterocycles. The lowest BCUT2D eigenvalue weighted by molar-refractivity contribution is -0.137. The van der Waals surface area contributed by atoms with Crippen LogP contribution in [0.3, 0.4) is 0 Å². The summed E-state index contributed by atoms with van der Waals surface area (Å²) in [5.41, 5.74) is 3.58. The van der Waals surface area contributed by atoms with E-state index in [0.717, 1.165) is 16.8 Å². The van der Waals surface area contributed by atoms with Crippen molar-refractivity contribution in [2.24, 2.45) is 0 Å². The van der Waals surface area contributed by atoms with Gasteiger partial charge in [-0.15, -0.1) is 0 Å². The first-order chi connectivity index (χ1) is 13.0. The first-order valence-electron chi connectivity index (χ1n) is 8.31. The molecule has 1 N–H and O–H groups in total. The lowest BCUT2D eigenvalue weighted by atomic mass is 10.1. The number of pyridine rings is 1. The second kappa shape index (κ2) is 6.51. The average molecular weight is 383 g/mol. The van der Waals surface area contributed by atoms with Crippen molar-refractivity contribution < 1.29 is 9.90 Å². The summed E-state index contributed by atoms with van der Waals surface area (Å²) in [4.78, 5) is 27.9. The van der Waals surface area contributed by atoms with Crippen molar-refractivity contribution in [2.45, 2.75) is 19.9 Å². The highest BCUT2D eigenvalue weighted by atomic mass is 35.5. The first-order valence-corrected chi connectivity index (χ1v) is 8.69. The van der Waals surface area contributed by atoms with Gasteiger partial charge in [0, 0.05) is 29.5 Å². The predicted molar refractivity (Wildman–Crippen MR) is 102 cm³/mol. The molecule has 0 saturated carbocycles. The maximum absolute atomic E-state index is 12.7. The minimum absolute atomic E-state index is 0.107. The molecule has 3 heterocycles. The SMILES string of the molecule is Cc1nn2c(ncc3c(=O)n(CCC(=O)O)ccc32)c1-c1ccc(Cl)cc1. The van der Waals surface area contributed by atoms with E-state index in [1.54, 1.807) is 16.8 Å². The van der Waals surface area contributed by atoms with Crippen LogP contribution >= 0.6 is 11.6 Å². The molecule has 0 bridgehead atoms. The van der Waals surface area contributed by atoms with E-state index in [4.69, 9.17) is 16.7 Å². The summed E-state index contributed by atoms with van der Waals surface area (Å²) < 4.78 is 3.03. The summed E-state index contributed by atoms with van der Waals surface area (Å²) in [7, 11) is 0. The third-order valence-electron chi connectivity index (χ3n) is 4.46. The van der Waals surface area contributed by atoms with Crippen molar-refractivity contribution in [3.63, 3.8) is 0 Å². The summed E-state index contributed by atoms with van der Waals surface area (Å²) in [5.74, 6) is -0.953. The van der Waals surface area contributed by atoms with E-state index in [-0.39, 0.29) is 18.5 Å². The number of carboxylic acid groups (broad SMARTS) is 1. The molecule has 27 heavy (non-hydrogen) atoms. The van der Waals surface area contributed by atoms with Crippen LogP contribution in [0.4, 0.5) is 0 Å². The van der Waals surface area contributed by atoms with Crippen molar-refractivity contribution in [1.29, 1.82) is 0 Å². The summed E-state index contributed by atoms with van der Waals surface area (Å²) in [6, 6.07) is 9.18. The van der Waals surface area contributed by atoms with Crippen molar-refractivity contribution >= 4 is 34.1 Å². The van der Waals surface area contributed by atoms with Crippen LogP contribution < -0.4 is 5.56 Å². The van der Waals surface area contributed by atoms with Gasteiger partial charge >= 0.3 is 5.97 Å². The molecule has 0 aliphatic rings. The summed E-state index contributed by atoms with van der Waals surface area (Å²) in [6.45, 7) is 1.99. The predicted octanol–water partition coefficient (Wildman–Crippen LogP) is 3.15. The van der Waals surface area contributed by atoms with Gasteiger partial charge in [-0.2, -0.15) is 5.10 Å². The van der Waals surface area contributed by atoms with Crippen LogP contribution in [0.1, 0.15) is 12.1 Å². The third kappa shape index (κ3) is 2.96. The molecule has 1 aromatic carbocycles. The number of carbonyl (C=O) groups is 1. The Hall–Kier alpha value is -3.19. The molecule has 0 fully saturated rings. The highest BCUT2D eigenvalue weighted by Gasteiger charge is 2.16. The van der Waals surface area contributed by atoms with Crippen LogP contribution in [0.15, 0.2) is 47.5 Å². The summed E-state index contributed by atoms with van der Waals surface area (Å²) in [5, 5.41) is 14.4. The Kier molecular flexibility index (Phi) is 4.16. The van der Waals surface area contributed by atoms with E-state index in [1.165, 1.54) is 10.8 Å². The van der Waals surface area contributed by atoms with E-state index in [1.807, 2.05) is 31.2 Å². The van der Waals surface area contributed by atoms with E-state index >= 15 is 0 Å². The zero-order chi connectivity index (χ0) is 19.1. The van der Waals surface area contributed by atoms with Crippen molar-refractivity contribution in [2.75, 3.05) is 0 Å². The number of hydrogen-bond donors (Lipinski definition) is 1. The van der Waals surface area contributed by atoms with Gasteiger partial charge in [0.2, 0.25) is 0 Å². The maximum Gasteiger partial charge on any atom is 0.305 e. The van der Waals surface area contributed by atoms with Crippen LogP contribution in [0.2, 0.25) is 5.02 Å². The second-order valence-corrected chi connectivity index (χ2v) is 6.65. The molecule has 0 radical (unpaired) electrons. The van der Waals surface area contributed by atoms with Gasteiger partial charge in [-0.3, -0.25) is 9.59 Å². The zero-order valence-electron chi connectivity index (χ0n) is 14.4. The molecule has 0 aliphatic carbocycles. The van der Waals surface area contributed by atoms with Crippen molar-refractivity contribution in [3.8, 4) is 11.1 Å². The topological polar surface area (TPSA) is 89.5 Å². The second-order valence-electron chi connectivity index (χ2n) is 6.22. The molecule has 8 heteroatoms. The Morgan fingerprint density at radius 3 is 2.67 bits per heavy atom. The molecule has 0 unspecified atom stereocenters. The molecule has 0 amide bonds. The highest BCUT2D eigenvalue weighted by Crippen LogP contribution is 2.29. The van der Waals surface area contributed by atoms with E-state index < -0.39 is 5.97 Å². The fourth-order valence-electron chi connectivity index (χ4n) is 3.16. The molecule has 0 atom stereocenters. The van der Waals surface area contributed by atoms with Crippen LogP contribution in [0.5, 0.6) is 0 Å². The fourth-order valence-corrected chi connectivity index (χ4v) is 3.29. The van der Waals surface area contributed by atoms with Crippen LogP contribution in [0.25, 0.3) is 27.7 Å². The first kappa shape index (κ1) is 17.2. The smallest absolute Gasteiger partial charge is 0.305 e. The van der Waals surface area contributed by atoms with Crippen molar-refractivity contribution in [3.05, 3.63) is 63.8 Å². The van der Waals surface area contributed by atoms with Gasteiger partial charge in [-0.1, -0.05) is 23.7 Å². The Balaban J connectivity index is 1.91. The number of aliphatic carboxylic acids is 1. The number of halogens is 1. The van der Waals surface area contributed by atoms with Gasteiger partial charge in [0.15, 0.2) is 5.65 Å². The Morgan fingerprint density at radius 2 is 1.96 bits per heavy atom. The highest BCUT2D eigenvalue weighted by molar-refractivity contribution is 6.30. The summed E-state index contributed by atoms with van der Waals surface area (Å²) >= 11 is 5.98. The number of nitrogens with zero attached hydrogens (tertiary/aromatic N) is 4. The molecular weight excluding hydrogens is 368 g/mol. The lowest BCUT2D eigenvalue weighted by Crippen LogP contribution is -2.21. The van der Waals surface area contributed by atoms with E-state index in [0.29, 0.717) is 21.6 Å². The number of aromatic nitrogens is 4. The molecule has 3 aromatic heterocycles. The minimum atomic E-state index is -0.953. The molecule has 0 spiro atoms. The molecule has 4 rings (SSSR count). The zero-order valence-corrected chi connectivity index (χ0v) is 15.1. The number of benzene rings is 1. The monoisotopic (exact) mass is 382 g/mol. The Bertz CT molecular complexity index is 1240. The number of rotatable bonds is 4. The number of aryl methyl sites for hydroxylation is 2. The van der Waals surface area contributed by atoms with Crippen LogP contribution in [-0.4, -0.2) is 30.2 Å². The minimum Gasteiger partial charge on any atom is -0.481 e. The van der Waals surface area contributed by atoms with E-state index in [9.17, 15) is 9.59 Å².